The normalized spacial score (nSPS) is 25.1. The van der Waals surface area contributed by atoms with Gasteiger partial charge in [-0.2, -0.15) is 0 Å². The zero-order valence-electron chi connectivity index (χ0n) is 10.9. The lowest BCUT2D eigenvalue weighted by atomic mass is 10.0. The lowest BCUT2D eigenvalue weighted by Gasteiger charge is -2.14. The highest BCUT2D eigenvalue weighted by Crippen LogP contribution is 2.22. The Hall–Kier alpha value is -1.15. The predicted molar refractivity (Wildman–Crippen MR) is 70.3 cm³/mol. The van der Waals surface area contributed by atoms with Gasteiger partial charge in [-0.3, -0.25) is 9.69 Å². The van der Waals surface area contributed by atoms with Gasteiger partial charge in [0.05, 0.1) is 6.54 Å². The second kappa shape index (κ2) is 5.01. The van der Waals surface area contributed by atoms with Gasteiger partial charge in [0, 0.05) is 18.7 Å². The number of ketones is 1. The first-order chi connectivity index (χ1) is 8.06. The van der Waals surface area contributed by atoms with E-state index in [2.05, 4.69) is 18.7 Å². The van der Waals surface area contributed by atoms with Gasteiger partial charge in [-0.05, 0) is 24.8 Å². The van der Waals surface area contributed by atoms with Crippen molar-refractivity contribution in [3.63, 3.8) is 0 Å². The maximum Gasteiger partial charge on any atom is 0.176 e. The molecule has 0 aromatic heterocycles. The van der Waals surface area contributed by atoms with Crippen molar-refractivity contribution in [2.45, 2.75) is 20.8 Å². The molecule has 2 heteroatoms. The summed E-state index contributed by atoms with van der Waals surface area (Å²) in [4.78, 5) is 14.4. The maximum absolute atomic E-state index is 12.1. The first-order valence-electron chi connectivity index (χ1n) is 6.38. The molecule has 1 aromatic carbocycles. The molecular weight excluding hydrogens is 210 g/mol. The summed E-state index contributed by atoms with van der Waals surface area (Å²) < 4.78 is 0. The Labute approximate surface area is 104 Å². The number of nitrogens with zero attached hydrogens (tertiary/aromatic N) is 1. The molecule has 1 aliphatic heterocycles. The van der Waals surface area contributed by atoms with E-state index in [0.29, 0.717) is 18.4 Å². The van der Waals surface area contributed by atoms with Crippen LogP contribution in [0.3, 0.4) is 0 Å². The van der Waals surface area contributed by atoms with Crippen LogP contribution in [0.2, 0.25) is 0 Å². The van der Waals surface area contributed by atoms with Crippen LogP contribution < -0.4 is 0 Å². The van der Waals surface area contributed by atoms with Gasteiger partial charge >= 0.3 is 0 Å². The van der Waals surface area contributed by atoms with Crippen molar-refractivity contribution in [3.8, 4) is 0 Å². The number of Topliss-reactive ketones (excluding diaryl/α,β-unsaturated/α-hetero) is 1. The Morgan fingerprint density at radius 3 is 2.53 bits per heavy atom. The summed E-state index contributed by atoms with van der Waals surface area (Å²) >= 11 is 0. The van der Waals surface area contributed by atoms with E-state index in [1.54, 1.807) is 0 Å². The van der Waals surface area contributed by atoms with Crippen LogP contribution in [0.25, 0.3) is 0 Å². The number of hydrogen-bond donors (Lipinski definition) is 0. The first-order valence-corrected chi connectivity index (χ1v) is 6.38. The molecule has 0 N–H and O–H groups in total. The second-order valence-corrected chi connectivity index (χ2v) is 5.44. The van der Waals surface area contributed by atoms with Crippen LogP contribution in [-0.4, -0.2) is 30.3 Å². The Morgan fingerprint density at radius 1 is 1.29 bits per heavy atom. The molecular formula is C15H21NO. The van der Waals surface area contributed by atoms with Gasteiger partial charge < -0.3 is 0 Å². The fraction of sp³-hybridized carbons (Fsp3) is 0.533. The lowest BCUT2D eigenvalue weighted by Crippen LogP contribution is -2.28. The molecule has 0 saturated carbocycles. The third kappa shape index (κ3) is 2.95. The zero-order valence-corrected chi connectivity index (χ0v) is 10.9. The highest BCUT2D eigenvalue weighted by molar-refractivity contribution is 5.97. The minimum absolute atomic E-state index is 0.245. The fourth-order valence-corrected chi connectivity index (χ4v) is 2.49. The van der Waals surface area contributed by atoms with E-state index >= 15 is 0 Å². The van der Waals surface area contributed by atoms with Crippen molar-refractivity contribution in [1.29, 1.82) is 0 Å². The quantitative estimate of drug-likeness (QED) is 0.746. The van der Waals surface area contributed by atoms with Gasteiger partial charge in [0.1, 0.15) is 0 Å². The highest BCUT2D eigenvalue weighted by Gasteiger charge is 2.27. The SMILES string of the molecule is Cc1cccc(C(=O)CN2CC(C)C(C)C2)c1. The van der Waals surface area contributed by atoms with Crippen molar-refractivity contribution in [2.24, 2.45) is 11.8 Å². The molecule has 1 aliphatic rings. The molecule has 0 spiro atoms. The summed E-state index contributed by atoms with van der Waals surface area (Å²) in [5.41, 5.74) is 2.00. The van der Waals surface area contributed by atoms with E-state index in [1.165, 1.54) is 0 Å². The Bertz CT molecular complexity index is 403. The number of carbonyl (C=O) groups is 1. The van der Waals surface area contributed by atoms with E-state index in [0.717, 1.165) is 24.2 Å². The molecule has 2 atom stereocenters. The average molecular weight is 231 g/mol. The molecule has 0 amide bonds. The third-order valence-corrected chi connectivity index (χ3v) is 3.77. The van der Waals surface area contributed by atoms with Crippen molar-refractivity contribution >= 4 is 5.78 Å². The number of carbonyl (C=O) groups excluding carboxylic acids is 1. The molecule has 17 heavy (non-hydrogen) atoms. The molecule has 2 rings (SSSR count). The summed E-state index contributed by atoms with van der Waals surface area (Å²) in [7, 11) is 0. The van der Waals surface area contributed by atoms with E-state index in [4.69, 9.17) is 0 Å². The molecule has 1 heterocycles. The van der Waals surface area contributed by atoms with Crippen LogP contribution >= 0.6 is 0 Å². The third-order valence-electron chi connectivity index (χ3n) is 3.77. The van der Waals surface area contributed by atoms with Crippen LogP contribution in [0.5, 0.6) is 0 Å². The lowest BCUT2D eigenvalue weighted by molar-refractivity contribution is 0.0942. The standard InChI is InChI=1S/C15H21NO/c1-11-5-4-6-14(7-11)15(17)10-16-8-12(2)13(3)9-16/h4-7,12-13H,8-10H2,1-3H3. The Morgan fingerprint density at radius 2 is 1.94 bits per heavy atom. The summed E-state index contributed by atoms with van der Waals surface area (Å²) in [5.74, 6) is 1.66. The second-order valence-electron chi connectivity index (χ2n) is 5.44. The monoisotopic (exact) mass is 231 g/mol. The smallest absolute Gasteiger partial charge is 0.176 e. The highest BCUT2D eigenvalue weighted by atomic mass is 16.1. The largest absolute Gasteiger partial charge is 0.295 e. The van der Waals surface area contributed by atoms with Gasteiger partial charge in [-0.1, -0.05) is 37.6 Å². The Balaban J connectivity index is 1.98. The minimum atomic E-state index is 0.245. The van der Waals surface area contributed by atoms with Crippen LogP contribution in [0, 0.1) is 18.8 Å². The van der Waals surface area contributed by atoms with Crippen LogP contribution in [0.1, 0.15) is 29.8 Å². The van der Waals surface area contributed by atoms with Crippen molar-refractivity contribution < 1.29 is 4.79 Å². The van der Waals surface area contributed by atoms with E-state index in [1.807, 2.05) is 31.2 Å². The number of benzene rings is 1. The number of aryl methyl sites for hydroxylation is 1. The van der Waals surface area contributed by atoms with Gasteiger partial charge in [-0.15, -0.1) is 0 Å². The zero-order chi connectivity index (χ0) is 12.4. The fourth-order valence-electron chi connectivity index (χ4n) is 2.49. The van der Waals surface area contributed by atoms with E-state index < -0.39 is 0 Å². The van der Waals surface area contributed by atoms with Crippen molar-refractivity contribution in [1.82, 2.24) is 4.90 Å². The summed E-state index contributed by atoms with van der Waals surface area (Å²) in [6.45, 7) is 9.23. The van der Waals surface area contributed by atoms with Gasteiger partial charge in [-0.25, -0.2) is 0 Å². The molecule has 0 bridgehead atoms. The van der Waals surface area contributed by atoms with Gasteiger partial charge in [0.25, 0.3) is 0 Å². The molecule has 92 valence electrons. The predicted octanol–water partition coefficient (Wildman–Crippen LogP) is 2.77. The van der Waals surface area contributed by atoms with Crippen molar-refractivity contribution in [3.05, 3.63) is 35.4 Å². The molecule has 1 saturated heterocycles. The summed E-state index contributed by atoms with van der Waals surface area (Å²) in [6, 6.07) is 7.87. The topological polar surface area (TPSA) is 20.3 Å². The average Bonchev–Trinajstić information content (AvgIpc) is 2.58. The summed E-state index contributed by atoms with van der Waals surface area (Å²) in [5, 5.41) is 0. The number of hydrogen-bond acceptors (Lipinski definition) is 2. The summed E-state index contributed by atoms with van der Waals surface area (Å²) in [6.07, 6.45) is 0. The Kier molecular flexibility index (Phi) is 3.63. The van der Waals surface area contributed by atoms with Crippen LogP contribution in [0.4, 0.5) is 0 Å². The molecule has 0 radical (unpaired) electrons. The van der Waals surface area contributed by atoms with Crippen molar-refractivity contribution in [2.75, 3.05) is 19.6 Å². The van der Waals surface area contributed by atoms with Crippen LogP contribution in [0.15, 0.2) is 24.3 Å². The molecule has 2 nitrogen and oxygen atoms in total. The molecule has 1 aromatic rings. The number of rotatable bonds is 3. The first kappa shape index (κ1) is 12.3. The molecule has 0 aliphatic carbocycles. The van der Waals surface area contributed by atoms with Gasteiger partial charge in [0.2, 0.25) is 0 Å². The maximum atomic E-state index is 12.1. The van der Waals surface area contributed by atoms with E-state index in [9.17, 15) is 4.79 Å². The van der Waals surface area contributed by atoms with E-state index in [-0.39, 0.29) is 5.78 Å². The number of likely N-dealkylation sites (tertiary alicyclic amines) is 1. The van der Waals surface area contributed by atoms with Gasteiger partial charge in [0.15, 0.2) is 5.78 Å². The molecule has 1 fully saturated rings. The van der Waals surface area contributed by atoms with Crippen LogP contribution in [-0.2, 0) is 0 Å². The molecule has 2 unspecified atom stereocenters. The minimum Gasteiger partial charge on any atom is -0.295 e.